The second-order valence-corrected chi connectivity index (χ2v) is 6.20. The first kappa shape index (κ1) is 13.9. The average Bonchev–Trinajstić information content (AvgIpc) is 2.40. The van der Waals surface area contributed by atoms with Gasteiger partial charge in [0.2, 0.25) is 0 Å². The minimum atomic E-state index is 0.0202. The van der Waals surface area contributed by atoms with E-state index in [1.807, 2.05) is 6.92 Å². The van der Waals surface area contributed by atoms with E-state index in [9.17, 15) is 4.79 Å². The molecular weight excluding hydrogens is 224 g/mol. The lowest BCUT2D eigenvalue weighted by Gasteiger charge is -2.36. The summed E-state index contributed by atoms with van der Waals surface area (Å²) in [7, 11) is 0. The second kappa shape index (κ2) is 7.16. The van der Waals surface area contributed by atoms with E-state index in [0.717, 1.165) is 11.8 Å². The van der Waals surface area contributed by atoms with Gasteiger partial charge in [0.1, 0.15) is 0 Å². The fraction of sp³-hybridized carbons (Fsp3) is 0.938. The molecule has 2 atom stereocenters. The molecule has 2 nitrogen and oxygen atoms in total. The second-order valence-electron chi connectivity index (χ2n) is 6.20. The van der Waals surface area contributed by atoms with E-state index in [0.29, 0.717) is 18.9 Å². The van der Waals surface area contributed by atoms with Gasteiger partial charge in [-0.25, -0.2) is 0 Å². The SMILES string of the molecule is CCOC(=O)CC1CCCC(C2CCCCC2)C1. The van der Waals surface area contributed by atoms with Gasteiger partial charge in [-0.1, -0.05) is 44.9 Å². The standard InChI is InChI=1S/C16H28O2/c1-2-18-16(17)12-13-7-6-10-15(11-13)14-8-4-3-5-9-14/h13-15H,2-12H2,1H3. The number of rotatable bonds is 4. The van der Waals surface area contributed by atoms with Crippen molar-refractivity contribution in [3.63, 3.8) is 0 Å². The van der Waals surface area contributed by atoms with Crippen molar-refractivity contribution >= 4 is 5.97 Å². The van der Waals surface area contributed by atoms with Crippen molar-refractivity contribution < 1.29 is 9.53 Å². The lowest BCUT2D eigenvalue weighted by molar-refractivity contribution is -0.144. The van der Waals surface area contributed by atoms with Crippen molar-refractivity contribution in [2.45, 2.75) is 71.1 Å². The summed E-state index contributed by atoms with van der Waals surface area (Å²) >= 11 is 0. The molecule has 0 N–H and O–H groups in total. The van der Waals surface area contributed by atoms with Crippen LogP contribution in [0.3, 0.4) is 0 Å². The van der Waals surface area contributed by atoms with Crippen LogP contribution < -0.4 is 0 Å². The number of hydrogen-bond acceptors (Lipinski definition) is 2. The molecule has 0 aromatic carbocycles. The van der Waals surface area contributed by atoms with Crippen LogP contribution in [0.1, 0.15) is 71.1 Å². The zero-order chi connectivity index (χ0) is 12.8. The van der Waals surface area contributed by atoms with Gasteiger partial charge in [0.25, 0.3) is 0 Å². The average molecular weight is 252 g/mol. The van der Waals surface area contributed by atoms with Crippen LogP contribution in [0.5, 0.6) is 0 Å². The number of carbonyl (C=O) groups is 1. The molecule has 0 bridgehead atoms. The number of carbonyl (C=O) groups excluding carboxylic acids is 1. The predicted octanol–water partition coefficient (Wildman–Crippen LogP) is 4.33. The summed E-state index contributed by atoms with van der Waals surface area (Å²) in [6, 6.07) is 0. The fourth-order valence-corrected chi connectivity index (χ4v) is 4.01. The van der Waals surface area contributed by atoms with Crippen LogP contribution in [0.15, 0.2) is 0 Å². The number of esters is 1. The Morgan fingerprint density at radius 3 is 2.44 bits per heavy atom. The molecule has 2 aliphatic carbocycles. The highest BCUT2D eigenvalue weighted by Crippen LogP contribution is 2.41. The lowest BCUT2D eigenvalue weighted by Crippen LogP contribution is -2.26. The Kier molecular flexibility index (Phi) is 5.52. The van der Waals surface area contributed by atoms with Crippen LogP contribution in [0, 0.1) is 17.8 Å². The maximum absolute atomic E-state index is 11.6. The topological polar surface area (TPSA) is 26.3 Å². The van der Waals surface area contributed by atoms with Gasteiger partial charge in [0.05, 0.1) is 6.61 Å². The van der Waals surface area contributed by atoms with Gasteiger partial charge in [0, 0.05) is 6.42 Å². The Bertz CT molecular complexity index is 256. The molecule has 2 heteroatoms. The van der Waals surface area contributed by atoms with Crippen LogP contribution in [-0.2, 0) is 9.53 Å². The van der Waals surface area contributed by atoms with Gasteiger partial charge in [-0.05, 0) is 37.5 Å². The first-order chi connectivity index (χ1) is 8.79. The number of hydrogen-bond donors (Lipinski definition) is 0. The summed E-state index contributed by atoms with van der Waals surface area (Å²) in [5.74, 6) is 2.48. The molecule has 0 aromatic rings. The zero-order valence-corrected chi connectivity index (χ0v) is 11.8. The molecule has 0 radical (unpaired) electrons. The van der Waals surface area contributed by atoms with Gasteiger partial charge >= 0.3 is 5.97 Å². The molecule has 0 amide bonds. The van der Waals surface area contributed by atoms with E-state index in [4.69, 9.17) is 4.74 Å². The minimum Gasteiger partial charge on any atom is -0.466 e. The highest BCUT2D eigenvalue weighted by molar-refractivity contribution is 5.69. The lowest BCUT2D eigenvalue weighted by atomic mass is 9.70. The first-order valence-corrected chi connectivity index (χ1v) is 7.95. The summed E-state index contributed by atoms with van der Waals surface area (Å²) in [6.07, 6.45) is 13.1. The van der Waals surface area contributed by atoms with E-state index in [1.54, 1.807) is 0 Å². The van der Waals surface area contributed by atoms with Crippen LogP contribution in [0.25, 0.3) is 0 Å². The number of ether oxygens (including phenoxy) is 1. The Hall–Kier alpha value is -0.530. The largest absolute Gasteiger partial charge is 0.466 e. The predicted molar refractivity (Wildman–Crippen MR) is 73.3 cm³/mol. The molecule has 0 aliphatic heterocycles. The van der Waals surface area contributed by atoms with Crippen molar-refractivity contribution in [1.82, 2.24) is 0 Å². The summed E-state index contributed by atoms with van der Waals surface area (Å²) in [4.78, 5) is 11.6. The highest BCUT2D eigenvalue weighted by atomic mass is 16.5. The van der Waals surface area contributed by atoms with E-state index in [-0.39, 0.29) is 5.97 Å². The van der Waals surface area contributed by atoms with E-state index >= 15 is 0 Å². The molecule has 2 aliphatic rings. The smallest absolute Gasteiger partial charge is 0.306 e. The molecule has 0 saturated heterocycles. The van der Waals surface area contributed by atoms with Crippen molar-refractivity contribution in [2.75, 3.05) is 6.61 Å². The molecule has 2 unspecified atom stereocenters. The summed E-state index contributed by atoms with van der Waals surface area (Å²) in [6.45, 7) is 2.42. The Morgan fingerprint density at radius 1 is 1.00 bits per heavy atom. The van der Waals surface area contributed by atoms with E-state index < -0.39 is 0 Å². The summed E-state index contributed by atoms with van der Waals surface area (Å²) in [5, 5.41) is 0. The monoisotopic (exact) mass is 252 g/mol. The molecule has 0 heterocycles. The molecule has 104 valence electrons. The van der Waals surface area contributed by atoms with Gasteiger partial charge in [-0.3, -0.25) is 4.79 Å². The van der Waals surface area contributed by atoms with Gasteiger partial charge in [-0.15, -0.1) is 0 Å². The fourth-order valence-electron chi connectivity index (χ4n) is 4.01. The van der Waals surface area contributed by atoms with Crippen LogP contribution >= 0.6 is 0 Å². The molecule has 2 saturated carbocycles. The van der Waals surface area contributed by atoms with Crippen LogP contribution in [0.4, 0.5) is 0 Å². The Morgan fingerprint density at radius 2 is 1.72 bits per heavy atom. The molecule has 2 fully saturated rings. The minimum absolute atomic E-state index is 0.0202. The first-order valence-electron chi connectivity index (χ1n) is 7.95. The maximum atomic E-state index is 11.6. The normalized spacial score (nSPS) is 30.1. The third-order valence-electron chi connectivity index (χ3n) is 4.90. The zero-order valence-electron chi connectivity index (χ0n) is 11.8. The van der Waals surface area contributed by atoms with Crippen LogP contribution in [-0.4, -0.2) is 12.6 Å². The van der Waals surface area contributed by atoms with Gasteiger partial charge < -0.3 is 4.74 Å². The van der Waals surface area contributed by atoms with Crippen molar-refractivity contribution in [3.8, 4) is 0 Å². The molecule has 0 aromatic heterocycles. The van der Waals surface area contributed by atoms with Crippen LogP contribution in [0.2, 0.25) is 0 Å². The third kappa shape index (κ3) is 4.00. The highest BCUT2D eigenvalue weighted by Gasteiger charge is 2.30. The van der Waals surface area contributed by atoms with Crippen molar-refractivity contribution in [2.24, 2.45) is 17.8 Å². The summed E-state index contributed by atoms with van der Waals surface area (Å²) < 4.78 is 5.09. The maximum Gasteiger partial charge on any atom is 0.306 e. The summed E-state index contributed by atoms with van der Waals surface area (Å²) in [5.41, 5.74) is 0. The quantitative estimate of drug-likeness (QED) is 0.696. The third-order valence-corrected chi connectivity index (χ3v) is 4.90. The van der Waals surface area contributed by atoms with Gasteiger partial charge in [-0.2, -0.15) is 0 Å². The van der Waals surface area contributed by atoms with Gasteiger partial charge in [0.15, 0.2) is 0 Å². The molecule has 18 heavy (non-hydrogen) atoms. The van der Waals surface area contributed by atoms with Crippen molar-refractivity contribution in [1.29, 1.82) is 0 Å². The van der Waals surface area contributed by atoms with E-state index in [2.05, 4.69) is 0 Å². The molecule has 0 spiro atoms. The van der Waals surface area contributed by atoms with E-state index in [1.165, 1.54) is 57.8 Å². The van der Waals surface area contributed by atoms with Crippen molar-refractivity contribution in [3.05, 3.63) is 0 Å². The molecular formula is C16H28O2. The molecule has 2 rings (SSSR count). The Balaban J connectivity index is 1.78. The Labute approximate surface area is 111 Å².